The van der Waals surface area contributed by atoms with E-state index in [-0.39, 0.29) is 0 Å². The Morgan fingerprint density at radius 1 is 1.06 bits per heavy atom. The summed E-state index contributed by atoms with van der Waals surface area (Å²) in [6, 6.07) is 9.13. The lowest BCUT2D eigenvalue weighted by atomic mass is 10.1. The zero-order chi connectivity index (χ0) is 11.5. The van der Waals surface area contributed by atoms with E-state index in [1.54, 1.807) is 18.2 Å². The lowest BCUT2D eigenvalue weighted by Crippen LogP contribution is -1.81. The molecule has 0 saturated carbocycles. The van der Waals surface area contributed by atoms with E-state index in [2.05, 4.69) is 15.9 Å². The third kappa shape index (κ3) is 2.28. The van der Waals surface area contributed by atoms with Gasteiger partial charge >= 0.3 is 0 Å². The summed E-state index contributed by atoms with van der Waals surface area (Å²) in [5.41, 5.74) is 1.56. The predicted molar refractivity (Wildman–Crippen MR) is 68.2 cm³/mol. The molecule has 0 saturated heterocycles. The third-order valence-corrected chi connectivity index (χ3v) is 3.60. The molecule has 2 nitrogen and oxygen atoms in total. The van der Waals surface area contributed by atoms with Gasteiger partial charge < -0.3 is 0 Å². The Hall–Kier alpha value is -1.26. The number of hydrogen-bond donors (Lipinski definition) is 0. The number of aldehydes is 2. The van der Waals surface area contributed by atoms with Crippen molar-refractivity contribution in [2.75, 3.05) is 0 Å². The molecular formula is C12H7BrO2S. The quantitative estimate of drug-likeness (QED) is 0.807. The zero-order valence-electron chi connectivity index (χ0n) is 8.14. The van der Waals surface area contributed by atoms with Crippen LogP contribution in [0.1, 0.15) is 20.0 Å². The largest absolute Gasteiger partial charge is 0.298 e. The predicted octanol–water partition coefficient (Wildman–Crippen LogP) is 3.80. The van der Waals surface area contributed by atoms with Gasteiger partial charge in [-0.25, -0.2) is 0 Å². The van der Waals surface area contributed by atoms with E-state index in [4.69, 9.17) is 0 Å². The SMILES string of the molecule is O=Cc1cc(Br)cc(-c2ccc(C=O)s2)c1. The molecule has 2 rings (SSSR count). The fraction of sp³-hybridized carbons (Fsp3) is 0. The summed E-state index contributed by atoms with van der Waals surface area (Å²) in [6.07, 6.45) is 1.63. The van der Waals surface area contributed by atoms with Crippen LogP contribution in [0, 0.1) is 0 Å². The molecule has 0 fully saturated rings. The van der Waals surface area contributed by atoms with Gasteiger partial charge in [-0.2, -0.15) is 0 Å². The van der Waals surface area contributed by atoms with Crippen molar-refractivity contribution in [3.8, 4) is 10.4 Å². The Balaban J connectivity index is 2.50. The first-order valence-corrected chi connectivity index (χ1v) is 6.15. The molecule has 0 bridgehead atoms. The first-order chi connectivity index (χ1) is 7.72. The van der Waals surface area contributed by atoms with E-state index in [0.29, 0.717) is 10.4 Å². The van der Waals surface area contributed by atoms with Crippen molar-refractivity contribution in [1.82, 2.24) is 0 Å². The summed E-state index contributed by atoms with van der Waals surface area (Å²) in [5.74, 6) is 0. The molecule has 0 amide bonds. The van der Waals surface area contributed by atoms with Crippen LogP contribution >= 0.6 is 27.3 Å². The Kier molecular flexibility index (Phi) is 3.31. The van der Waals surface area contributed by atoms with Gasteiger partial charge in [-0.05, 0) is 35.9 Å². The zero-order valence-corrected chi connectivity index (χ0v) is 10.5. The van der Waals surface area contributed by atoms with E-state index in [1.165, 1.54) is 11.3 Å². The molecule has 0 N–H and O–H groups in total. The van der Waals surface area contributed by atoms with Gasteiger partial charge in [-0.1, -0.05) is 15.9 Å². The van der Waals surface area contributed by atoms with Crippen LogP contribution in [-0.2, 0) is 0 Å². The Labute approximate surface area is 105 Å². The standard InChI is InChI=1S/C12H7BrO2S/c13-10-4-8(6-14)3-9(5-10)12-2-1-11(7-15)16-12/h1-7H. The molecule has 0 unspecified atom stereocenters. The lowest BCUT2D eigenvalue weighted by molar-refractivity contribution is 0.111. The highest BCUT2D eigenvalue weighted by atomic mass is 79.9. The summed E-state index contributed by atoms with van der Waals surface area (Å²) in [4.78, 5) is 23.0. The molecule has 4 heteroatoms. The molecule has 1 aromatic heterocycles. The topological polar surface area (TPSA) is 34.1 Å². The molecule has 0 spiro atoms. The maximum Gasteiger partial charge on any atom is 0.160 e. The molecule has 80 valence electrons. The van der Waals surface area contributed by atoms with Crippen LogP contribution in [0.2, 0.25) is 0 Å². The number of benzene rings is 1. The highest BCUT2D eigenvalue weighted by Crippen LogP contribution is 2.30. The van der Waals surface area contributed by atoms with Crippen LogP contribution in [0.5, 0.6) is 0 Å². The van der Waals surface area contributed by atoms with E-state index in [1.807, 2.05) is 12.1 Å². The van der Waals surface area contributed by atoms with Gasteiger partial charge in [-0.15, -0.1) is 11.3 Å². The normalized spacial score (nSPS) is 10.1. The van der Waals surface area contributed by atoms with E-state index < -0.39 is 0 Å². The van der Waals surface area contributed by atoms with Crippen molar-refractivity contribution >= 4 is 39.8 Å². The van der Waals surface area contributed by atoms with Gasteiger partial charge in [0.15, 0.2) is 6.29 Å². The molecule has 2 aromatic rings. The Morgan fingerprint density at radius 2 is 1.88 bits per heavy atom. The van der Waals surface area contributed by atoms with Crippen molar-refractivity contribution in [1.29, 1.82) is 0 Å². The molecule has 1 heterocycles. The average Bonchev–Trinajstić information content (AvgIpc) is 2.76. The average molecular weight is 295 g/mol. The summed E-state index contributed by atoms with van der Waals surface area (Å²) >= 11 is 4.76. The van der Waals surface area contributed by atoms with E-state index in [0.717, 1.165) is 27.5 Å². The van der Waals surface area contributed by atoms with Gasteiger partial charge in [0, 0.05) is 14.9 Å². The second kappa shape index (κ2) is 4.72. The highest BCUT2D eigenvalue weighted by molar-refractivity contribution is 9.10. The van der Waals surface area contributed by atoms with Crippen molar-refractivity contribution in [3.63, 3.8) is 0 Å². The van der Waals surface area contributed by atoms with Crippen molar-refractivity contribution < 1.29 is 9.59 Å². The first-order valence-electron chi connectivity index (χ1n) is 4.54. The fourth-order valence-corrected chi connectivity index (χ4v) is 2.71. The van der Waals surface area contributed by atoms with Gasteiger partial charge in [0.05, 0.1) is 4.88 Å². The number of rotatable bonds is 3. The summed E-state index contributed by atoms with van der Waals surface area (Å²) in [6.45, 7) is 0. The number of halogens is 1. The monoisotopic (exact) mass is 294 g/mol. The minimum Gasteiger partial charge on any atom is -0.298 e. The smallest absolute Gasteiger partial charge is 0.160 e. The van der Waals surface area contributed by atoms with Crippen molar-refractivity contribution in [3.05, 3.63) is 45.2 Å². The van der Waals surface area contributed by atoms with E-state index >= 15 is 0 Å². The van der Waals surface area contributed by atoms with Crippen LogP contribution in [0.15, 0.2) is 34.8 Å². The minimum absolute atomic E-state index is 0.616. The number of thiophene rings is 1. The summed E-state index contributed by atoms with van der Waals surface area (Å²) < 4.78 is 0.855. The second-order valence-electron chi connectivity index (χ2n) is 3.21. The van der Waals surface area contributed by atoms with Crippen LogP contribution in [0.4, 0.5) is 0 Å². The highest BCUT2D eigenvalue weighted by Gasteiger charge is 2.04. The molecule has 0 aliphatic heterocycles. The summed E-state index contributed by atoms with van der Waals surface area (Å²) in [7, 11) is 0. The molecule has 1 aromatic carbocycles. The van der Waals surface area contributed by atoms with Gasteiger partial charge in [-0.3, -0.25) is 9.59 Å². The number of carbonyl (C=O) groups excluding carboxylic acids is 2. The minimum atomic E-state index is 0.616. The molecular weight excluding hydrogens is 288 g/mol. The van der Waals surface area contributed by atoms with Gasteiger partial charge in [0.1, 0.15) is 6.29 Å². The van der Waals surface area contributed by atoms with Gasteiger partial charge in [0.2, 0.25) is 0 Å². The number of carbonyl (C=O) groups is 2. The number of hydrogen-bond acceptors (Lipinski definition) is 3. The van der Waals surface area contributed by atoms with Crippen molar-refractivity contribution in [2.45, 2.75) is 0 Å². The molecule has 16 heavy (non-hydrogen) atoms. The van der Waals surface area contributed by atoms with Crippen LogP contribution < -0.4 is 0 Å². The van der Waals surface area contributed by atoms with Crippen molar-refractivity contribution in [2.24, 2.45) is 0 Å². The first kappa shape index (κ1) is 11.2. The van der Waals surface area contributed by atoms with E-state index in [9.17, 15) is 9.59 Å². The molecule has 0 aliphatic carbocycles. The van der Waals surface area contributed by atoms with Crippen LogP contribution in [0.3, 0.4) is 0 Å². The lowest BCUT2D eigenvalue weighted by Gasteiger charge is -2.00. The Bertz CT molecular complexity index is 546. The van der Waals surface area contributed by atoms with Gasteiger partial charge in [0.25, 0.3) is 0 Å². The van der Waals surface area contributed by atoms with Crippen LogP contribution in [0.25, 0.3) is 10.4 Å². The maximum atomic E-state index is 10.7. The molecule has 0 aliphatic rings. The second-order valence-corrected chi connectivity index (χ2v) is 5.24. The Morgan fingerprint density at radius 3 is 2.50 bits per heavy atom. The maximum absolute atomic E-state index is 10.7. The molecule has 0 atom stereocenters. The third-order valence-electron chi connectivity index (χ3n) is 2.08. The fourth-order valence-electron chi connectivity index (χ4n) is 1.39. The summed E-state index contributed by atoms with van der Waals surface area (Å²) in [5, 5.41) is 0. The molecule has 0 radical (unpaired) electrons. The van der Waals surface area contributed by atoms with Crippen LogP contribution in [-0.4, -0.2) is 12.6 Å².